The summed E-state index contributed by atoms with van der Waals surface area (Å²) in [4.78, 5) is 29.8. The molecule has 0 aliphatic carbocycles. The van der Waals surface area contributed by atoms with Gasteiger partial charge in [0.05, 0.1) is 31.0 Å². The molecule has 2 atom stereocenters. The van der Waals surface area contributed by atoms with Crippen molar-refractivity contribution in [3.63, 3.8) is 0 Å². The van der Waals surface area contributed by atoms with Crippen LogP contribution in [0.15, 0.2) is 42.5 Å². The first-order valence-corrected chi connectivity index (χ1v) is 14.0. The number of hydrogen-bond donors (Lipinski definition) is 3. The predicted octanol–water partition coefficient (Wildman–Crippen LogP) is 4.33. The van der Waals surface area contributed by atoms with Gasteiger partial charge >= 0.3 is 0 Å². The van der Waals surface area contributed by atoms with Crippen molar-refractivity contribution >= 4 is 23.3 Å². The first kappa shape index (κ1) is 29.8. The maximum atomic E-state index is 13.9. The molecule has 9 nitrogen and oxygen atoms in total. The number of ketones is 1. The van der Waals surface area contributed by atoms with Crippen LogP contribution in [0.2, 0.25) is 5.02 Å². The number of aromatic nitrogens is 1. The second-order valence-electron chi connectivity index (χ2n) is 11.2. The third-order valence-electron chi connectivity index (χ3n) is 7.73. The zero-order valence-electron chi connectivity index (χ0n) is 23.5. The van der Waals surface area contributed by atoms with Crippen LogP contribution >= 0.6 is 11.6 Å². The lowest BCUT2D eigenvalue weighted by Gasteiger charge is -2.27. The summed E-state index contributed by atoms with van der Waals surface area (Å²) in [6, 6.07) is 10.5. The number of carbonyl (C=O) groups is 2. The molecule has 2 aliphatic heterocycles. The van der Waals surface area contributed by atoms with E-state index in [0.717, 1.165) is 5.56 Å². The molecule has 5 rings (SSSR count). The van der Waals surface area contributed by atoms with Gasteiger partial charge in [-0.2, -0.15) is 0 Å². The topological polar surface area (TPSA) is 127 Å². The Kier molecular flexibility index (Phi) is 8.15. The number of pyridine rings is 1. The van der Waals surface area contributed by atoms with Crippen LogP contribution in [-0.2, 0) is 15.8 Å². The average Bonchev–Trinajstić information content (AvgIpc) is 3.53. The van der Waals surface area contributed by atoms with Gasteiger partial charge in [0.15, 0.2) is 23.4 Å². The highest BCUT2D eigenvalue weighted by Gasteiger charge is 2.39. The zero-order valence-corrected chi connectivity index (χ0v) is 24.3. The van der Waals surface area contributed by atoms with E-state index in [1.807, 2.05) is 13.8 Å². The van der Waals surface area contributed by atoms with Crippen LogP contribution in [0.25, 0.3) is 11.3 Å². The number of rotatable bonds is 10. The number of methoxy groups -OCH3 is 1. The molecule has 2 aromatic carbocycles. The van der Waals surface area contributed by atoms with Gasteiger partial charge in [-0.25, -0.2) is 9.37 Å². The Balaban J connectivity index is 1.41. The highest BCUT2D eigenvalue weighted by Crippen LogP contribution is 2.46. The molecular formula is C31H32ClFN2O7. The van der Waals surface area contributed by atoms with E-state index in [1.54, 1.807) is 18.2 Å². The lowest BCUT2D eigenvalue weighted by molar-refractivity contribution is -0.124. The maximum Gasteiger partial charge on any atom is 0.261 e. The predicted molar refractivity (Wildman–Crippen MR) is 153 cm³/mol. The third kappa shape index (κ3) is 5.66. The van der Waals surface area contributed by atoms with Gasteiger partial charge in [-0.15, -0.1) is 0 Å². The van der Waals surface area contributed by atoms with Crippen molar-refractivity contribution < 1.29 is 38.4 Å². The van der Waals surface area contributed by atoms with Crippen molar-refractivity contribution in [2.45, 2.75) is 50.2 Å². The molecule has 1 amide bonds. The fraction of sp³-hybridized carbons (Fsp3) is 0.387. The Morgan fingerprint density at radius 3 is 2.69 bits per heavy atom. The first-order chi connectivity index (χ1) is 20.0. The van der Waals surface area contributed by atoms with Crippen molar-refractivity contribution in [3.8, 4) is 28.5 Å². The van der Waals surface area contributed by atoms with E-state index in [1.165, 1.54) is 31.4 Å². The van der Waals surface area contributed by atoms with Gasteiger partial charge in [0, 0.05) is 41.5 Å². The highest BCUT2D eigenvalue weighted by molar-refractivity contribution is 6.31. The molecule has 42 heavy (non-hydrogen) atoms. The number of aliphatic hydroxyl groups excluding tert-OH is 1. The number of aliphatic hydroxyl groups is 2. The van der Waals surface area contributed by atoms with Crippen LogP contribution < -0.4 is 19.5 Å². The van der Waals surface area contributed by atoms with Crippen molar-refractivity contribution in [3.05, 3.63) is 70.1 Å². The summed E-state index contributed by atoms with van der Waals surface area (Å²) < 4.78 is 31.0. The Labute approximate surface area is 247 Å². The van der Waals surface area contributed by atoms with E-state index in [0.29, 0.717) is 53.6 Å². The Morgan fingerprint density at radius 2 is 2.02 bits per heavy atom. The van der Waals surface area contributed by atoms with Crippen LogP contribution in [0.4, 0.5) is 4.39 Å². The van der Waals surface area contributed by atoms with Crippen LogP contribution in [0, 0.1) is 5.82 Å². The van der Waals surface area contributed by atoms with Crippen molar-refractivity contribution in [2.24, 2.45) is 0 Å². The molecule has 1 fully saturated rings. The summed E-state index contributed by atoms with van der Waals surface area (Å²) in [6.07, 6.45) is -0.367. The summed E-state index contributed by atoms with van der Waals surface area (Å²) in [6.45, 7) is 4.14. The summed E-state index contributed by atoms with van der Waals surface area (Å²) in [5.74, 6) is 0.0287. The number of nitrogens with zero attached hydrogens (tertiary/aromatic N) is 1. The molecule has 0 bridgehead atoms. The molecule has 2 unspecified atom stereocenters. The Bertz CT molecular complexity index is 1550. The van der Waals surface area contributed by atoms with Crippen LogP contribution in [0.5, 0.6) is 17.2 Å². The van der Waals surface area contributed by atoms with E-state index in [4.69, 9.17) is 25.8 Å². The number of amides is 1. The number of ether oxygens (including phenoxy) is 3. The van der Waals surface area contributed by atoms with Crippen molar-refractivity contribution in [2.75, 3.05) is 26.9 Å². The molecule has 222 valence electrons. The lowest BCUT2D eigenvalue weighted by atomic mass is 9.83. The smallest absolute Gasteiger partial charge is 0.261 e. The maximum absolute atomic E-state index is 13.9. The van der Waals surface area contributed by atoms with E-state index < -0.39 is 29.5 Å². The van der Waals surface area contributed by atoms with Crippen molar-refractivity contribution in [1.29, 1.82) is 0 Å². The Hall–Kier alpha value is -3.73. The number of carbonyl (C=O) groups excluding carboxylic acids is 2. The van der Waals surface area contributed by atoms with E-state index in [9.17, 15) is 24.2 Å². The van der Waals surface area contributed by atoms with Crippen LogP contribution in [0.3, 0.4) is 0 Å². The largest absolute Gasteiger partial charge is 0.493 e. The minimum Gasteiger partial charge on any atom is -0.493 e. The minimum absolute atomic E-state index is 0.0907. The molecule has 1 saturated heterocycles. The van der Waals surface area contributed by atoms with Crippen LogP contribution in [0.1, 0.15) is 54.7 Å². The molecule has 0 saturated carbocycles. The highest BCUT2D eigenvalue weighted by atomic mass is 35.5. The number of hydrogen-bond acceptors (Lipinski definition) is 8. The van der Waals surface area contributed by atoms with Gasteiger partial charge < -0.3 is 29.7 Å². The Morgan fingerprint density at radius 1 is 1.24 bits per heavy atom. The molecule has 3 aromatic rings. The van der Waals surface area contributed by atoms with Gasteiger partial charge in [0.1, 0.15) is 22.9 Å². The normalized spacial score (nSPS) is 18.5. The van der Waals surface area contributed by atoms with Crippen molar-refractivity contribution in [1.82, 2.24) is 10.3 Å². The number of nitrogens with one attached hydrogen (secondary N) is 1. The molecule has 0 spiro atoms. The third-order valence-corrected chi connectivity index (χ3v) is 8.02. The van der Waals surface area contributed by atoms with Crippen LogP contribution in [-0.4, -0.2) is 59.9 Å². The minimum atomic E-state index is -1.87. The summed E-state index contributed by atoms with van der Waals surface area (Å²) in [5.41, 5.74) is -0.238. The first-order valence-electron chi connectivity index (χ1n) is 13.6. The molecule has 2 aliphatic rings. The van der Waals surface area contributed by atoms with Gasteiger partial charge in [0.25, 0.3) is 5.91 Å². The van der Waals surface area contributed by atoms with Gasteiger partial charge in [0.2, 0.25) is 0 Å². The number of benzene rings is 2. The number of Topliss-reactive ketones (excluding diaryl/α,β-unsaturated/α-hetero) is 1. The summed E-state index contributed by atoms with van der Waals surface area (Å²) in [5, 5.41) is 24.6. The fourth-order valence-corrected chi connectivity index (χ4v) is 5.30. The van der Waals surface area contributed by atoms with Gasteiger partial charge in [-0.3, -0.25) is 9.59 Å². The molecule has 1 aromatic heterocycles. The molecule has 11 heteroatoms. The molecule has 3 heterocycles. The summed E-state index contributed by atoms with van der Waals surface area (Å²) >= 11 is 6.05. The van der Waals surface area contributed by atoms with E-state index in [-0.39, 0.29) is 35.2 Å². The number of fused-ring (bicyclic) bond motifs is 1. The standard InChI is InChI=1S/C31H32ClFN2O7/c1-30(2)16-41-28-19(30)14-26(35-27(28)18-4-6-21(33)20(32)12-18)31(39,15-36)10-8-22(37)17-5-7-23(25(13-17)40-3)42-24-9-11-34-29(24)38/h4-7,12-14,24,36,39H,8-11,15-16H2,1-3H3,(H,34,38). The fourth-order valence-electron chi connectivity index (χ4n) is 5.12. The van der Waals surface area contributed by atoms with E-state index >= 15 is 0 Å². The molecular weight excluding hydrogens is 567 g/mol. The van der Waals surface area contributed by atoms with Gasteiger partial charge in [-0.1, -0.05) is 25.4 Å². The molecule has 0 radical (unpaired) electrons. The second kappa shape index (κ2) is 11.5. The lowest BCUT2D eigenvalue weighted by Crippen LogP contribution is -2.33. The monoisotopic (exact) mass is 598 g/mol. The molecule has 3 N–H and O–H groups in total. The van der Waals surface area contributed by atoms with E-state index in [2.05, 4.69) is 10.3 Å². The summed E-state index contributed by atoms with van der Waals surface area (Å²) in [7, 11) is 1.44. The van der Waals surface area contributed by atoms with Gasteiger partial charge in [-0.05, 0) is 48.9 Å². The number of halogens is 2. The zero-order chi connectivity index (χ0) is 30.2. The second-order valence-corrected chi connectivity index (χ2v) is 11.6. The average molecular weight is 599 g/mol. The SMILES string of the molecule is COc1cc(C(=O)CCC(O)(CO)c2cc3c(c(-c4ccc(F)c(Cl)c4)n2)OCC3(C)C)ccc1OC1CCNC1=O. The quantitative estimate of drug-likeness (QED) is 0.294.